The van der Waals surface area contributed by atoms with Gasteiger partial charge in [0.25, 0.3) is 0 Å². The Bertz CT molecular complexity index is 1310. The fraction of sp³-hybridized carbons (Fsp3) is 0.323. The molecule has 1 heterocycles. The molecule has 0 aliphatic carbocycles. The SMILES string of the molecule is COc1ccc([C@H](c2cc3cc(Br)ccc3nc2OC)[C@@](O)(CCc2ccccc2)CCN(C)C)cc1. The zero-order chi connectivity index (χ0) is 26.4. The van der Waals surface area contributed by atoms with Gasteiger partial charge in [-0.3, -0.25) is 0 Å². The van der Waals surface area contributed by atoms with Crippen molar-refractivity contribution in [2.45, 2.75) is 30.8 Å². The van der Waals surface area contributed by atoms with Crippen molar-refractivity contribution in [1.82, 2.24) is 9.88 Å². The third-order valence-electron chi connectivity index (χ3n) is 6.94. The molecule has 4 aromatic rings. The van der Waals surface area contributed by atoms with E-state index in [1.165, 1.54) is 5.56 Å². The van der Waals surface area contributed by atoms with E-state index < -0.39 is 5.60 Å². The molecule has 0 amide bonds. The molecule has 0 bridgehead atoms. The van der Waals surface area contributed by atoms with E-state index in [0.717, 1.165) is 45.2 Å². The molecule has 2 atom stereocenters. The fourth-order valence-electron chi connectivity index (χ4n) is 4.93. The van der Waals surface area contributed by atoms with Crippen molar-refractivity contribution in [2.75, 3.05) is 34.9 Å². The quantitative estimate of drug-likeness (QED) is 0.227. The summed E-state index contributed by atoms with van der Waals surface area (Å²) in [5, 5.41) is 13.6. The highest BCUT2D eigenvalue weighted by atomic mass is 79.9. The maximum absolute atomic E-state index is 12.6. The van der Waals surface area contributed by atoms with Crippen LogP contribution in [0.3, 0.4) is 0 Å². The summed E-state index contributed by atoms with van der Waals surface area (Å²) < 4.78 is 12.3. The number of ether oxygens (including phenoxy) is 2. The Morgan fingerprint density at radius 2 is 1.65 bits per heavy atom. The average molecular weight is 564 g/mol. The average Bonchev–Trinajstić information content (AvgIpc) is 2.91. The Kier molecular flexibility index (Phi) is 8.85. The van der Waals surface area contributed by atoms with E-state index in [0.29, 0.717) is 18.7 Å². The van der Waals surface area contributed by atoms with Crippen molar-refractivity contribution < 1.29 is 14.6 Å². The second-order valence-corrected chi connectivity index (χ2v) is 10.7. The first-order valence-electron chi connectivity index (χ1n) is 12.5. The molecular formula is C31H35BrN2O3. The van der Waals surface area contributed by atoms with Crippen molar-refractivity contribution in [3.05, 3.63) is 100 Å². The molecule has 0 saturated carbocycles. The summed E-state index contributed by atoms with van der Waals surface area (Å²) in [6.45, 7) is 0.743. The van der Waals surface area contributed by atoms with E-state index in [2.05, 4.69) is 45.1 Å². The van der Waals surface area contributed by atoms with Crippen molar-refractivity contribution in [3.8, 4) is 11.6 Å². The minimum Gasteiger partial charge on any atom is -0.497 e. The molecule has 0 spiro atoms. The number of aliphatic hydroxyl groups is 1. The third kappa shape index (κ3) is 6.50. The van der Waals surface area contributed by atoms with Gasteiger partial charge in [0, 0.05) is 27.9 Å². The molecule has 0 saturated heterocycles. The highest BCUT2D eigenvalue weighted by molar-refractivity contribution is 9.10. The van der Waals surface area contributed by atoms with Gasteiger partial charge in [0.1, 0.15) is 5.75 Å². The first kappa shape index (κ1) is 27.1. The molecule has 37 heavy (non-hydrogen) atoms. The summed E-state index contributed by atoms with van der Waals surface area (Å²) in [4.78, 5) is 6.97. The lowest BCUT2D eigenvalue weighted by Gasteiger charge is -2.38. The largest absolute Gasteiger partial charge is 0.497 e. The Hall–Kier alpha value is -2.93. The van der Waals surface area contributed by atoms with Crippen LogP contribution < -0.4 is 9.47 Å². The van der Waals surface area contributed by atoms with Crippen LogP contribution >= 0.6 is 15.9 Å². The molecule has 0 unspecified atom stereocenters. The Labute approximate surface area is 228 Å². The first-order chi connectivity index (χ1) is 17.8. The van der Waals surface area contributed by atoms with Crippen molar-refractivity contribution >= 4 is 26.8 Å². The van der Waals surface area contributed by atoms with E-state index in [1.807, 2.05) is 68.7 Å². The van der Waals surface area contributed by atoms with E-state index in [9.17, 15) is 5.11 Å². The van der Waals surface area contributed by atoms with Gasteiger partial charge in [0.05, 0.1) is 25.3 Å². The van der Waals surface area contributed by atoms with Crippen LogP contribution in [0.2, 0.25) is 0 Å². The van der Waals surface area contributed by atoms with Gasteiger partial charge >= 0.3 is 0 Å². The standard InChI is InChI=1S/C31H35BrN2O3/c1-34(2)19-18-31(35,17-16-22-8-6-5-7-9-22)29(23-10-13-26(36-3)14-11-23)27-21-24-20-25(32)12-15-28(24)33-30(27)37-4/h5-15,20-21,29,35H,16-19H2,1-4H3/t29-,31-/m1/s1. The van der Waals surface area contributed by atoms with Crippen molar-refractivity contribution in [2.24, 2.45) is 0 Å². The molecule has 0 fully saturated rings. The van der Waals surface area contributed by atoms with Crippen LogP contribution in [0.15, 0.2) is 83.3 Å². The molecule has 5 nitrogen and oxygen atoms in total. The van der Waals surface area contributed by atoms with Crippen LogP contribution in [0.4, 0.5) is 0 Å². The zero-order valence-corrected chi connectivity index (χ0v) is 23.5. The number of hydrogen-bond donors (Lipinski definition) is 1. The molecular weight excluding hydrogens is 528 g/mol. The van der Waals surface area contributed by atoms with Gasteiger partial charge in [-0.25, -0.2) is 4.98 Å². The number of benzene rings is 3. The summed E-state index contributed by atoms with van der Waals surface area (Å²) in [6, 6.07) is 26.4. The number of pyridine rings is 1. The molecule has 6 heteroatoms. The van der Waals surface area contributed by atoms with Crippen molar-refractivity contribution in [1.29, 1.82) is 0 Å². The first-order valence-corrected chi connectivity index (χ1v) is 13.3. The number of aromatic nitrogens is 1. The summed E-state index contributed by atoms with van der Waals surface area (Å²) in [5.74, 6) is 0.933. The van der Waals surface area contributed by atoms with Gasteiger partial charge in [-0.2, -0.15) is 0 Å². The van der Waals surface area contributed by atoms with E-state index >= 15 is 0 Å². The van der Waals surface area contributed by atoms with Gasteiger partial charge in [-0.15, -0.1) is 0 Å². The Morgan fingerprint density at radius 3 is 2.30 bits per heavy atom. The molecule has 0 aliphatic rings. The predicted molar refractivity (Wildman–Crippen MR) is 154 cm³/mol. The lowest BCUT2D eigenvalue weighted by Crippen LogP contribution is -2.40. The van der Waals surface area contributed by atoms with E-state index in [-0.39, 0.29) is 5.92 Å². The lowest BCUT2D eigenvalue weighted by atomic mass is 9.72. The van der Waals surface area contributed by atoms with Crippen LogP contribution in [0, 0.1) is 0 Å². The molecule has 3 aromatic carbocycles. The number of fused-ring (bicyclic) bond motifs is 1. The van der Waals surface area contributed by atoms with Crippen LogP contribution in [-0.2, 0) is 6.42 Å². The monoisotopic (exact) mass is 562 g/mol. The summed E-state index contributed by atoms with van der Waals surface area (Å²) in [6.07, 6.45) is 1.93. The third-order valence-corrected chi connectivity index (χ3v) is 7.43. The molecule has 1 aromatic heterocycles. The summed E-state index contributed by atoms with van der Waals surface area (Å²) in [7, 11) is 7.38. The number of methoxy groups -OCH3 is 2. The number of halogens is 1. The van der Waals surface area contributed by atoms with Gasteiger partial charge in [-0.1, -0.05) is 58.4 Å². The van der Waals surface area contributed by atoms with Gasteiger partial charge < -0.3 is 19.5 Å². The Morgan fingerprint density at radius 1 is 0.919 bits per heavy atom. The molecule has 1 N–H and O–H groups in total. The highest BCUT2D eigenvalue weighted by Crippen LogP contribution is 2.44. The predicted octanol–water partition coefficient (Wildman–Crippen LogP) is 6.46. The summed E-state index contributed by atoms with van der Waals surface area (Å²) >= 11 is 3.59. The number of rotatable bonds is 11. The number of hydrogen-bond acceptors (Lipinski definition) is 5. The smallest absolute Gasteiger partial charge is 0.217 e. The molecule has 0 aliphatic heterocycles. The van der Waals surface area contributed by atoms with Crippen molar-refractivity contribution in [3.63, 3.8) is 0 Å². The normalized spacial score (nSPS) is 13.9. The van der Waals surface area contributed by atoms with Crippen LogP contribution in [0.25, 0.3) is 10.9 Å². The minimum absolute atomic E-state index is 0.368. The molecule has 0 radical (unpaired) electrons. The van der Waals surface area contributed by atoms with Crippen LogP contribution in [-0.4, -0.2) is 55.5 Å². The number of aryl methyl sites for hydroxylation is 1. The topological polar surface area (TPSA) is 54.8 Å². The van der Waals surface area contributed by atoms with E-state index in [4.69, 9.17) is 14.5 Å². The van der Waals surface area contributed by atoms with Gasteiger partial charge in [0.2, 0.25) is 5.88 Å². The lowest BCUT2D eigenvalue weighted by molar-refractivity contribution is 0.000764. The van der Waals surface area contributed by atoms with E-state index in [1.54, 1.807) is 14.2 Å². The fourth-order valence-corrected chi connectivity index (χ4v) is 5.31. The minimum atomic E-state index is -1.07. The van der Waals surface area contributed by atoms with Gasteiger partial charge in [0.15, 0.2) is 0 Å². The second-order valence-electron chi connectivity index (χ2n) is 9.77. The zero-order valence-electron chi connectivity index (χ0n) is 21.9. The van der Waals surface area contributed by atoms with Gasteiger partial charge in [-0.05, 0) is 80.9 Å². The Balaban J connectivity index is 1.89. The summed E-state index contributed by atoms with van der Waals surface area (Å²) in [5.41, 5.74) is 2.84. The maximum Gasteiger partial charge on any atom is 0.217 e. The molecule has 194 valence electrons. The van der Waals surface area contributed by atoms with Crippen LogP contribution in [0.5, 0.6) is 11.6 Å². The van der Waals surface area contributed by atoms with Crippen LogP contribution in [0.1, 0.15) is 35.4 Å². The maximum atomic E-state index is 12.6. The highest BCUT2D eigenvalue weighted by Gasteiger charge is 2.40. The second kappa shape index (κ2) is 12.1. The number of nitrogens with zero attached hydrogens (tertiary/aromatic N) is 2. The molecule has 4 rings (SSSR count).